The normalized spacial score (nSPS) is 29.2. The van der Waals surface area contributed by atoms with Gasteiger partial charge in [0.05, 0.1) is 0 Å². The van der Waals surface area contributed by atoms with Crippen molar-refractivity contribution in [3.63, 3.8) is 0 Å². The van der Waals surface area contributed by atoms with Crippen LogP contribution in [0.25, 0.3) is 0 Å². The zero-order chi connectivity index (χ0) is 17.3. The number of rotatable bonds is 4. The minimum Gasteiger partial charge on any atom is -0.339 e. The average molecular weight is 348 g/mol. The Kier molecular flexibility index (Phi) is 5.03. The van der Waals surface area contributed by atoms with Crippen LogP contribution >= 0.6 is 0 Å². The van der Waals surface area contributed by atoms with E-state index in [1.807, 2.05) is 9.80 Å². The van der Waals surface area contributed by atoms with Gasteiger partial charge in [0.25, 0.3) is 0 Å². The van der Waals surface area contributed by atoms with Gasteiger partial charge in [0.15, 0.2) is 0 Å². The van der Waals surface area contributed by atoms with Crippen LogP contribution in [-0.4, -0.2) is 60.9 Å². The Labute approximate surface area is 151 Å². The van der Waals surface area contributed by atoms with Crippen LogP contribution in [-0.2, 0) is 9.59 Å². The molecule has 4 aliphatic rings. The van der Waals surface area contributed by atoms with E-state index in [2.05, 4.69) is 5.32 Å². The van der Waals surface area contributed by atoms with Crippen molar-refractivity contribution in [2.24, 2.45) is 17.3 Å². The van der Waals surface area contributed by atoms with Crippen LogP contribution in [0.4, 0.5) is 0 Å². The maximum atomic E-state index is 12.8. The summed E-state index contributed by atoms with van der Waals surface area (Å²) in [6.07, 6.45) is 10.5. The zero-order valence-corrected chi connectivity index (χ0v) is 15.5. The van der Waals surface area contributed by atoms with E-state index < -0.39 is 0 Å². The van der Waals surface area contributed by atoms with E-state index in [0.29, 0.717) is 23.7 Å². The highest BCUT2D eigenvalue weighted by Gasteiger charge is 2.58. The second kappa shape index (κ2) is 7.26. The van der Waals surface area contributed by atoms with Gasteiger partial charge in [-0.15, -0.1) is 0 Å². The van der Waals surface area contributed by atoms with Crippen LogP contribution in [0.5, 0.6) is 0 Å². The number of nitrogens with one attached hydrogen (secondary N) is 1. The molecule has 2 saturated carbocycles. The van der Waals surface area contributed by atoms with Crippen LogP contribution in [0.15, 0.2) is 0 Å². The molecule has 2 saturated heterocycles. The highest BCUT2D eigenvalue weighted by atomic mass is 16.2. The molecule has 5 nitrogen and oxygen atoms in total. The molecule has 25 heavy (non-hydrogen) atoms. The van der Waals surface area contributed by atoms with Gasteiger partial charge in [-0.3, -0.25) is 9.59 Å². The molecule has 0 radical (unpaired) electrons. The van der Waals surface area contributed by atoms with Gasteiger partial charge in [0.2, 0.25) is 11.8 Å². The largest absolute Gasteiger partial charge is 0.339 e. The highest BCUT2D eigenvalue weighted by Crippen LogP contribution is 2.59. The van der Waals surface area contributed by atoms with Crippen LogP contribution < -0.4 is 5.32 Å². The van der Waals surface area contributed by atoms with E-state index in [1.165, 1.54) is 25.7 Å². The van der Waals surface area contributed by atoms with E-state index in [4.69, 9.17) is 0 Å². The van der Waals surface area contributed by atoms with E-state index in [0.717, 1.165) is 70.9 Å². The first-order valence-corrected chi connectivity index (χ1v) is 10.5. The van der Waals surface area contributed by atoms with Crippen molar-refractivity contribution in [3.05, 3.63) is 0 Å². The summed E-state index contributed by atoms with van der Waals surface area (Å²) >= 11 is 0. The molecule has 2 amide bonds. The molecular formula is C20H33N3O2. The number of hydrogen-bond acceptors (Lipinski definition) is 3. The van der Waals surface area contributed by atoms with Crippen LogP contribution in [0.1, 0.15) is 57.8 Å². The topological polar surface area (TPSA) is 52.7 Å². The minimum atomic E-state index is 0.263. The van der Waals surface area contributed by atoms with Crippen molar-refractivity contribution in [2.75, 3.05) is 39.3 Å². The summed E-state index contributed by atoms with van der Waals surface area (Å²) < 4.78 is 0. The van der Waals surface area contributed by atoms with E-state index in [-0.39, 0.29) is 5.92 Å². The minimum absolute atomic E-state index is 0.263. The molecule has 0 aromatic heterocycles. The molecule has 140 valence electrons. The van der Waals surface area contributed by atoms with E-state index in [9.17, 15) is 9.59 Å². The number of nitrogens with zero attached hydrogens (tertiary/aromatic N) is 2. The average Bonchev–Trinajstić information content (AvgIpc) is 3.08. The van der Waals surface area contributed by atoms with E-state index >= 15 is 0 Å². The highest BCUT2D eigenvalue weighted by molar-refractivity contribution is 5.83. The van der Waals surface area contributed by atoms with Gasteiger partial charge in [0, 0.05) is 38.5 Å². The van der Waals surface area contributed by atoms with Crippen molar-refractivity contribution in [1.29, 1.82) is 0 Å². The molecule has 1 unspecified atom stereocenters. The Morgan fingerprint density at radius 3 is 2.28 bits per heavy atom. The van der Waals surface area contributed by atoms with Crippen LogP contribution in [0.3, 0.4) is 0 Å². The lowest BCUT2D eigenvalue weighted by molar-refractivity contribution is -0.141. The lowest BCUT2D eigenvalue weighted by Gasteiger charge is -2.36. The Balaban J connectivity index is 1.20. The van der Waals surface area contributed by atoms with Crippen molar-refractivity contribution in [1.82, 2.24) is 15.1 Å². The predicted octanol–water partition coefficient (Wildman–Crippen LogP) is 2.02. The molecule has 2 aliphatic carbocycles. The summed E-state index contributed by atoms with van der Waals surface area (Å²) in [5.74, 6) is 1.71. The van der Waals surface area contributed by atoms with Gasteiger partial charge in [-0.25, -0.2) is 0 Å². The molecule has 0 aromatic rings. The quantitative estimate of drug-likeness (QED) is 0.846. The molecule has 4 rings (SSSR count). The number of amides is 2. The zero-order valence-electron chi connectivity index (χ0n) is 15.5. The Morgan fingerprint density at radius 2 is 1.60 bits per heavy atom. The standard InChI is InChI=1S/C20H33N3O2/c24-18(6-5-16-3-1-2-4-16)22-11-13-23(14-12-22)19(25)17-15-20(17)7-9-21-10-8-20/h16-17,21H,1-15H2. The third-order valence-corrected chi connectivity index (χ3v) is 7.27. The van der Waals surface area contributed by atoms with Gasteiger partial charge >= 0.3 is 0 Å². The number of carbonyl (C=O) groups is 2. The SMILES string of the molecule is O=C(CCC1CCCC1)N1CCN(C(=O)C2CC23CCNCC3)CC1. The lowest BCUT2D eigenvalue weighted by atomic mass is 9.91. The smallest absolute Gasteiger partial charge is 0.226 e. The summed E-state index contributed by atoms with van der Waals surface area (Å²) in [6, 6.07) is 0. The van der Waals surface area contributed by atoms with Crippen molar-refractivity contribution in [3.8, 4) is 0 Å². The third kappa shape index (κ3) is 3.71. The monoisotopic (exact) mass is 347 g/mol. The molecule has 1 atom stereocenters. The van der Waals surface area contributed by atoms with Gasteiger partial charge in [-0.1, -0.05) is 25.7 Å². The molecule has 0 bridgehead atoms. The van der Waals surface area contributed by atoms with Gasteiger partial charge in [-0.05, 0) is 50.1 Å². The maximum absolute atomic E-state index is 12.8. The van der Waals surface area contributed by atoms with Crippen molar-refractivity contribution in [2.45, 2.75) is 57.8 Å². The summed E-state index contributed by atoms with van der Waals surface area (Å²) in [5, 5.41) is 3.40. The van der Waals surface area contributed by atoms with Crippen LogP contribution in [0.2, 0.25) is 0 Å². The number of piperazine rings is 1. The fraction of sp³-hybridized carbons (Fsp3) is 0.900. The molecule has 1 spiro atoms. The van der Waals surface area contributed by atoms with Gasteiger partial charge < -0.3 is 15.1 Å². The summed E-state index contributed by atoms with van der Waals surface area (Å²) in [6.45, 7) is 5.06. The van der Waals surface area contributed by atoms with Gasteiger partial charge in [-0.2, -0.15) is 0 Å². The summed E-state index contributed by atoms with van der Waals surface area (Å²) in [7, 11) is 0. The fourth-order valence-corrected chi connectivity index (χ4v) is 5.36. The molecule has 2 aliphatic heterocycles. The summed E-state index contributed by atoms with van der Waals surface area (Å²) in [4.78, 5) is 29.3. The van der Waals surface area contributed by atoms with Crippen LogP contribution in [0, 0.1) is 17.3 Å². The van der Waals surface area contributed by atoms with E-state index in [1.54, 1.807) is 0 Å². The maximum Gasteiger partial charge on any atom is 0.226 e. The number of hydrogen-bond donors (Lipinski definition) is 1. The second-order valence-corrected chi connectivity index (χ2v) is 8.76. The molecule has 2 heterocycles. The van der Waals surface area contributed by atoms with Gasteiger partial charge in [0.1, 0.15) is 0 Å². The Morgan fingerprint density at radius 1 is 0.960 bits per heavy atom. The van der Waals surface area contributed by atoms with Crippen molar-refractivity contribution < 1.29 is 9.59 Å². The molecule has 1 N–H and O–H groups in total. The first kappa shape index (κ1) is 17.3. The first-order valence-electron chi connectivity index (χ1n) is 10.5. The number of carbonyl (C=O) groups excluding carboxylic acids is 2. The third-order valence-electron chi connectivity index (χ3n) is 7.27. The fourth-order valence-electron chi connectivity index (χ4n) is 5.36. The lowest BCUT2D eigenvalue weighted by Crippen LogP contribution is -2.51. The second-order valence-electron chi connectivity index (χ2n) is 8.76. The first-order chi connectivity index (χ1) is 12.2. The molecular weight excluding hydrogens is 314 g/mol. The molecule has 5 heteroatoms. The summed E-state index contributed by atoms with van der Waals surface area (Å²) in [5.41, 5.74) is 0.316. The molecule has 0 aromatic carbocycles. The predicted molar refractivity (Wildman–Crippen MR) is 97.0 cm³/mol. The van der Waals surface area contributed by atoms with Crippen molar-refractivity contribution >= 4 is 11.8 Å². The Bertz CT molecular complexity index is 501. The Hall–Kier alpha value is -1.10. The molecule has 4 fully saturated rings. The number of piperidine rings is 1.